The second-order valence-corrected chi connectivity index (χ2v) is 7.85. The summed E-state index contributed by atoms with van der Waals surface area (Å²) in [5.41, 5.74) is 1.19. The van der Waals surface area contributed by atoms with Gasteiger partial charge in [0.05, 0.1) is 17.1 Å². The minimum Gasteiger partial charge on any atom is -0.490 e. The Morgan fingerprint density at radius 3 is 2.67 bits per heavy atom. The summed E-state index contributed by atoms with van der Waals surface area (Å²) in [4.78, 5) is 2.36. The Kier molecular flexibility index (Phi) is 4.22. The van der Waals surface area contributed by atoms with Gasteiger partial charge in [0.25, 0.3) is 0 Å². The van der Waals surface area contributed by atoms with E-state index in [0.717, 1.165) is 24.2 Å². The first-order chi connectivity index (χ1) is 9.66. The van der Waals surface area contributed by atoms with Gasteiger partial charge in [-0.2, -0.15) is 0 Å². The maximum atomic E-state index is 12.6. The van der Waals surface area contributed by atoms with Crippen LogP contribution in [-0.4, -0.2) is 34.2 Å². The van der Waals surface area contributed by atoms with Crippen molar-refractivity contribution in [3.63, 3.8) is 0 Å². The number of hydrogen-bond acceptors (Lipinski definition) is 4. The molecule has 0 aromatic heterocycles. The van der Waals surface area contributed by atoms with Crippen LogP contribution < -0.4 is 14.4 Å². The van der Waals surface area contributed by atoms with Gasteiger partial charge >= 0.3 is 0 Å². The first-order valence-electron chi connectivity index (χ1n) is 7.19. The Hall–Kier alpha value is -1.27. The minimum atomic E-state index is -3.56. The molecule has 1 aromatic carbocycles. The third-order valence-corrected chi connectivity index (χ3v) is 5.78. The van der Waals surface area contributed by atoms with Gasteiger partial charge in [-0.1, -0.05) is 6.92 Å². The van der Waals surface area contributed by atoms with Crippen molar-refractivity contribution in [3.8, 4) is 5.75 Å². The van der Waals surface area contributed by atoms with E-state index in [2.05, 4.69) is 9.62 Å². The molecule has 0 bridgehead atoms. The Labute approximate surface area is 127 Å². The van der Waals surface area contributed by atoms with Gasteiger partial charge in [-0.25, -0.2) is 13.1 Å². The molecule has 0 fully saturated rings. The number of sulfonamides is 1. The molecule has 1 aromatic rings. The van der Waals surface area contributed by atoms with Gasteiger partial charge in [-0.3, -0.25) is 0 Å². The Morgan fingerprint density at radius 2 is 2.05 bits per heavy atom. The summed E-state index contributed by atoms with van der Waals surface area (Å²) in [5.74, 6) is 0.629. The molecule has 1 N–H and O–H groups in total. The third kappa shape index (κ3) is 3.32. The van der Waals surface area contributed by atoms with Crippen molar-refractivity contribution in [3.05, 3.63) is 17.7 Å². The molecule has 0 radical (unpaired) electrons. The highest BCUT2D eigenvalue weighted by Crippen LogP contribution is 2.35. The van der Waals surface area contributed by atoms with Crippen LogP contribution in [0.15, 0.2) is 17.0 Å². The van der Waals surface area contributed by atoms with Gasteiger partial charge in [-0.15, -0.1) is 0 Å². The molecule has 0 aliphatic carbocycles. The molecule has 0 atom stereocenters. The van der Waals surface area contributed by atoms with E-state index in [0.29, 0.717) is 12.4 Å². The monoisotopic (exact) mass is 312 g/mol. The lowest BCUT2D eigenvalue weighted by atomic mass is 10.0. The molecule has 118 valence electrons. The van der Waals surface area contributed by atoms with Gasteiger partial charge in [0.1, 0.15) is 12.4 Å². The number of likely N-dealkylation sites (N-methyl/N-ethyl adjacent to an activating group) is 1. The van der Waals surface area contributed by atoms with Crippen LogP contribution in [-0.2, 0) is 10.0 Å². The second kappa shape index (κ2) is 5.50. The van der Waals surface area contributed by atoms with Gasteiger partial charge in [0, 0.05) is 18.7 Å². The molecule has 0 saturated heterocycles. The quantitative estimate of drug-likeness (QED) is 0.927. The third-order valence-electron chi connectivity index (χ3n) is 3.94. The molecule has 0 amide bonds. The van der Waals surface area contributed by atoms with E-state index in [4.69, 9.17) is 4.74 Å². The van der Waals surface area contributed by atoms with E-state index in [-0.39, 0.29) is 4.90 Å². The lowest BCUT2D eigenvalue weighted by Crippen LogP contribution is -2.43. The molecular formula is C15H24N2O3S. The number of rotatable bonds is 4. The number of nitrogens with zero attached hydrogens (tertiary/aromatic N) is 1. The molecule has 0 saturated carbocycles. The number of nitrogens with one attached hydrogen (secondary N) is 1. The van der Waals surface area contributed by atoms with Crippen molar-refractivity contribution in [2.24, 2.45) is 0 Å². The summed E-state index contributed by atoms with van der Waals surface area (Å²) in [6, 6.07) is 3.51. The predicted molar refractivity (Wildman–Crippen MR) is 84.6 cm³/mol. The number of benzene rings is 1. The molecule has 5 nitrogen and oxygen atoms in total. The van der Waals surface area contributed by atoms with Gasteiger partial charge < -0.3 is 9.64 Å². The maximum Gasteiger partial charge on any atom is 0.241 e. The summed E-state index contributed by atoms with van der Waals surface area (Å²) in [6.45, 7) is 8.90. The fourth-order valence-corrected chi connectivity index (χ4v) is 3.99. The van der Waals surface area contributed by atoms with Crippen molar-refractivity contribution >= 4 is 15.7 Å². The zero-order valence-corrected chi connectivity index (χ0v) is 14.2. The smallest absolute Gasteiger partial charge is 0.241 e. The maximum absolute atomic E-state index is 12.6. The summed E-state index contributed by atoms with van der Waals surface area (Å²) in [6.07, 6.45) is 0.718. The largest absolute Gasteiger partial charge is 0.490 e. The number of hydrogen-bond donors (Lipinski definition) is 1. The van der Waals surface area contributed by atoms with Crippen molar-refractivity contribution in [1.29, 1.82) is 0 Å². The molecule has 6 heteroatoms. The Morgan fingerprint density at radius 1 is 1.38 bits per heavy atom. The normalized spacial score (nSPS) is 15.6. The van der Waals surface area contributed by atoms with E-state index < -0.39 is 15.6 Å². The van der Waals surface area contributed by atoms with Crippen LogP contribution in [0.4, 0.5) is 5.69 Å². The van der Waals surface area contributed by atoms with E-state index in [1.165, 1.54) is 0 Å². The van der Waals surface area contributed by atoms with Crippen LogP contribution in [0.2, 0.25) is 0 Å². The number of ether oxygens (including phenoxy) is 1. The molecule has 21 heavy (non-hydrogen) atoms. The second-order valence-electron chi connectivity index (χ2n) is 6.20. The van der Waals surface area contributed by atoms with Crippen LogP contribution in [0.3, 0.4) is 0 Å². The summed E-state index contributed by atoms with van der Waals surface area (Å²) < 4.78 is 33.6. The minimum absolute atomic E-state index is 0.290. The molecule has 0 spiro atoms. The number of fused-ring (bicyclic) bond motifs is 1. The van der Waals surface area contributed by atoms with Crippen LogP contribution in [0.5, 0.6) is 5.75 Å². The van der Waals surface area contributed by atoms with Gasteiger partial charge in [0.15, 0.2) is 0 Å². The summed E-state index contributed by atoms with van der Waals surface area (Å²) >= 11 is 0. The van der Waals surface area contributed by atoms with E-state index >= 15 is 0 Å². The Balaban J connectivity index is 2.45. The highest BCUT2D eigenvalue weighted by Gasteiger charge is 2.28. The van der Waals surface area contributed by atoms with E-state index in [1.54, 1.807) is 6.07 Å². The van der Waals surface area contributed by atoms with Crippen LogP contribution in [0, 0.1) is 6.92 Å². The van der Waals surface area contributed by atoms with Crippen molar-refractivity contribution in [1.82, 2.24) is 4.72 Å². The van der Waals surface area contributed by atoms with Gasteiger partial charge in [0.2, 0.25) is 10.0 Å². The number of aryl methyl sites for hydroxylation is 1. The first kappa shape index (κ1) is 16.1. The predicted octanol–water partition coefficient (Wildman–Crippen LogP) is 2.29. The highest BCUT2D eigenvalue weighted by atomic mass is 32.2. The summed E-state index contributed by atoms with van der Waals surface area (Å²) in [7, 11) is -1.58. The zero-order chi connectivity index (χ0) is 15.8. The standard InChI is InChI=1S/C15H24N2O3S/c1-6-15(3,4)16-21(18,19)14-10-13-12(9-11(14)2)17(5)7-8-20-13/h9-10,16H,6-8H2,1-5H3. The molecule has 0 unspecified atom stereocenters. The van der Waals surface area contributed by atoms with Crippen molar-refractivity contribution < 1.29 is 13.2 Å². The van der Waals surface area contributed by atoms with Crippen molar-refractivity contribution in [2.45, 2.75) is 44.6 Å². The SMILES string of the molecule is CCC(C)(C)NS(=O)(=O)c1cc2c(cc1C)N(C)CCO2. The van der Waals surface area contributed by atoms with Crippen molar-refractivity contribution in [2.75, 3.05) is 25.1 Å². The van der Waals surface area contributed by atoms with Gasteiger partial charge in [-0.05, 0) is 38.8 Å². The molecule has 2 rings (SSSR count). The fraction of sp³-hybridized carbons (Fsp3) is 0.600. The Bertz CT molecular complexity index is 639. The fourth-order valence-electron chi connectivity index (χ4n) is 2.26. The average Bonchev–Trinajstić information content (AvgIpc) is 2.38. The average molecular weight is 312 g/mol. The summed E-state index contributed by atoms with van der Waals surface area (Å²) in [5, 5.41) is 0. The zero-order valence-electron chi connectivity index (χ0n) is 13.4. The van der Waals surface area contributed by atoms with E-state index in [9.17, 15) is 8.42 Å². The molecule has 1 aliphatic rings. The molecule has 1 aliphatic heterocycles. The van der Waals surface area contributed by atoms with Crippen LogP contribution >= 0.6 is 0 Å². The number of anilines is 1. The van der Waals surface area contributed by atoms with Crippen LogP contribution in [0.25, 0.3) is 0 Å². The highest BCUT2D eigenvalue weighted by molar-refractivity contribution is 7.89. The topological polar surface area (TPSA) is 58.6 Å². The van der Waals surface area contributed by atoms with Crippen LogP contribution in [0.1, 0.15) is 32.8 Å². The lowest BCUT2D eigenvalue weighted by Gasteiger charge is -2.29. The molecule has 1 heterocycles. The first-order valence-corrected chi connectivity index (χ1v) is 8.67. The molecular weight excluding hydrogens is 288 g/mol. The lowest BCUT2D eigenvalue weighted by molar-refractivity contribution is 0.310. The van der Waals surface area contributed by atoms with E-state index in [1.807, 2.05) is 40.8 Å².